The highest BCUT2D eigenvalue weighted by molar-refractivity contribution is 5.04. The van der Waals surface area contributed by atoms with Gasteiger partial charge in [0, 0.05) is 12.6 Å². The highest BCUT2D eigenvalue weighted by atomic mass is 16.5. The van der Waals surface area contributed by atoms with Crippen LogP contribution >= 0.6 is 0 Å². The van der Waals surface area contributed by atoms with Crippen molar-refractivity contribution in [2.75, 3.05) is 6.61 Å². The van der Waals surface area contributed by atoms with Gasteiger partial charge in [-0.1, -0.05) is 39.5 Å². The zero-order chi connectivity index (χ0) is 13.2. The summed E-state index contributed by atoms with van der Waals surface area (Å²) in [5.41, 5.74) is 6.09. The molecular weight excluding hydrogens is 226 g/mol. The van der Waals surface area contributed by atoms with Gasteiger partial charge < -0.3 is 14.9 Å². The lowest BCUT2D eigenvalue weighted by Crippen LogP contribution is -2.29. The third-order valence-electron chi connectivity index (χ3n) is 3.23. The number of rotatable bonds is 10. The third-order valence-corrected chi connectivity index (χ3v) is 3.23. The standard InChI is InChI=1S/C15H27NO2/c1-3-5-6-7-8-11-18-15(13(16)4-2)14-10-9-12-17-14/h9-10,12-13,15H,3-8,11,16H2,1-2H3. The fraction of sp³-hybridized carbons (Fsp3) is 0.733. The predicted octanol–water partition coefficient (Wildman–Crippen LogP) is 4.05. The van der Waals surface area contributed by atoms with E-state index in [1.54, 1.807) is 6.26 Å². The minimum Gasteiger partial charge on any atom is -0.467 e. The highest BCUT2D eigenvalue weighted by Crippen LogP contribution is 2.23. The van der Waals surface area contributed by atoms with Crippen molar-refractivity contribution in [2.24, 2.45) is 5.73 Å². The fourth-order valence-corrected chi connectivity index (χ4v) is 2.00. The van der Waals surface area contributed by atoms with Crippen molar-refractivity contribution in [3.05, 3.63) is 24.2 Å². The smallest absolute Gasteiger partial charge is 0.134 e. The molecule has 2 atom stereocenters. The fourth-order valence-electron chi connectivity index (χ4n) is 2.00. The zero-order valence-electron chi connectivity index (χ0n) is 11.7. The molecule has 0 radical (unpaired) electrons. The maximum atomic E-state index is 6.09. The average Bonchev–Trinajstić information content (AvgIpc) is 2.91. The molecule has 2 N–H and O–H groups in total. The van der Waals surface area contributed by atoms with E-state index in [1.807, 2.05) is 12.1 Å². The zero-order valence-corrected chi connectivity index (χ0v) is 11.7. The number of nitrogens with two attached hydrogens (primary N) is 1. The van der Waals surface area contributed by atoms with Crippen LogP contribution in [-0.2, 0) is 4.74 Å². The van der Waals surface area contributed by atoms with Crippen LogP contribution < -0.4 is 5.73 Å². The van der Waals surface area contributed by atoms with E-state index in [1.165, 1.54) is 25.7 Å². The average molecular weight is 253 g/mol. The van der Waals surface area contributed by atoms with E-state index in [0.717, 1.165) is 25.2 Å². The predicted molar refractivity (Wildman–Crippen MR) is 74.4 cm³/mol. The molecule has 1 heterocycles. The molecule has 0 saturated carbocycles. The first kappa shape index (κ1) is 15.3. The van der Waals surface area contributed by atoms with Crippen LogP contribution in [0, 0.1) is 0 Å². The van der Waals surface area contributed by atoms with Crippen molar-refractivity contribution in [3.63, 3.8) is 0 Å². The van der Waals surface area contributed by atoms with E-state index in [9.17, 15) is 0 Å². The lowest BCUT2D eigenvalue weighted by Gasteiger charge is -2.21. The van der Waals surface area contributed by atoms with E-state index in [2.05, 4.69) is 13.8 Å². The molecule has 0 aliphatic rings. The summed E-state index contributed by atoms with van der Waals surface area (Å²) in [5, 5.41) is 0. The molecule has 0 bridgehead atoms. The van der Waals surface area contributed by atoms with E-state index in [4.69, 9.17) is 14.9 Å². The first-order valence-electron chi connectivity index (χ1n) is 7.20. The molecule has 3 heteroatoms. The van der Waals surface area contributed by atoms with Crippen molar-refractivity contribution in [3.8, 4) is 0 Å². The minimum atomic E-state index is -0.101. The van der Waals surface area contributed by atoms with Gasteiger partial charge in [-0.2, -0.15) is 0 Å². The van der Waals surface area contributed by atoms with Crippen molar-refractivity contribution < 1.29 is 9.15 Å². The van der Waals surface area contributed by atoms with E-state index >= 15 is 0 Å². The summed E-state index contributed by atoms with van der Waals surface area (Å²) in [6, 6.07) is 3.83. The van der Waals surface area contributed by atoms with Gasteiger partial charge in [0.05, 0.1) is 6.26 Å². The molecule has 3 nitrogen and oxygen atoms in total. The van der Waals surface area contributed by atoms with Crippen LogP contribution in [0.1, 0.15) is 64.2 Å². The molecule has 0 spiro atoms. The van der Waals surface area contributed by atoms with Gasteiger partial charge >= 0.3 is 0 Å². The van der Waals surface area contributed by atoms with Gasteiger partial charge in [-0.15, -0.1) is 0 Å². The first-order valence-corrected chi connectivity index (χ1v) is 7.20. The first-order chi connectivity index (χ1) is 8.79. The largest absolute Gasteiger partial charge is 0.467 e. The Kier molecular flexibility index (Phi) is 7.78. The van der Waals surface area contributed by atoms with Crippen molar-refractivity contribution in [2.45, 2.75) is 64.5 Å². The molecule has 0 aliphatic heterocycles. The summed E-state index contributed by atoms with van der Waals surface area (Å²) in [4.78, 5) is 0. The molecule has 0 fully saturated rings. The Balaban J connectivity index is 2.30. The molecule has 0 saturated heterocycles. The lowest BCUT2D eigenvalue weighted by atomic mass is 10.1. The summed E-state index contributed by atoms with van der Waals surface area (Å²) < 4.78 is 11.3. The number of unbranched alkanes of at least 4 members (excludes halogenated alkanes) is 4. The molecule has 0 aromatic carbocycles. The van der Waals surface area contributed by atoms with Crippen LogP contribution in [0.4, 0.5) is 0 Å². The maximum absolute atomic E-state index is 6.09. The van der Waals surface area contributed by atoms with Crippen LogP contribution in [0.5, 0.6) is 0 Å². The molecule has 1 aromatic rings. The van der Waals surface area contributed by atoms with Gasteiger partial charge in [-0.05, 0) is 25.0 Å². The normalized spacial score (nSPS) is 14.6. The van der Waals surface area contributed by atoms with Crippen LogP contribution in [0.15, 0.2) is 22.8 Å². The monoisotopic (exact) mass is 253 g/mol. The Morgan fingerprint density at radius 2 is 2.00 bits per heavy atom. The second-order valence-electron chi connectivity index (χ2n) is 4.79. The van der Waals surface area contributed by atoms with Crippen LogP contribution in [0.25, 0.3) is 0 Å². The number of hydrogen-bond donors (Lipinski definition) is 1. The minimum absolute atomic E-state index is 0.00629. The quantitative estimate of drug-likeness (QED) is 0.640. The summed E-state index contributed by atoms with van der Waals surface area (Å²) >= 11 is 0. The Bertz CT molecular complexity index is 285. The number of ether oxygens (including phenoxy) is 1. The topological polar surface area (TPSA) is 48.4 Å². The Hall–Kier alpha value is -0.800. The van der Waals surface area contributed by atoms with Gasteiger partial charge in [0.1, 0.15) is 11.9 Å². The molecule has 104 valence electrons. The van der Waals surface area contributed by atoms with E-state index in [-0.39, 0.29) is 12.1 Å². The van der Waals surface area contributed by atoms with Crippen molar-refractivity contribution in [1.82, 2.24) is 0 Å². The lowest BCUT2D eigenvalue weighted by molar-refractivity contribution is 0.0170. The highest BCUT2D eigenvalue weighted by Gasteiger charge is 2.21. The van der Waals surface area contributed by atoms with Crippen LogP contribution in [0.3, 0.4) is 0 Å². The van der Waals surface area contributed by atoms with Gasteiger partial charge in [0.2, 0.25) is 0 Å². The SMILES string of the molecule is CCCCCCCOC(c1ccco1)C(N)CC. The van der Waals surface area contributed by atoms with Crippen LogP contribution in [-0.4, -0.2) is 12.6 Å². The summed E-state index contributed by atoms with van der Waals surface area (Å²) in [7, 11) is 0. The summed E-state index contributed by atoms with van der Waals surface area (Å²) in [6.07, 6.45) is 8.69. The van der Waals surface area contributed by atoms with Gasteiger partial charge in [0.15, 0.2) is 0 Å². The van der Waals surface area contributed by atoms with Gasteiger partial charge in [0.25, 0.3) is 0 Å². The number of hydrogen-bond acceptors (Lipinski definition) is 3. The molecule has 2 unspecified atom stereocenters. The molecule has 18 heavy (non-hydrogen) atoms. The third kappa shape index (κ3) is 5.23. The van der Waals surface area contributed by atoms with E-state index in [0.29, 0.717) is 0 Å². The molecule has 1 aromatic heterocycles. The number of furan rings is 1. The van der Waals surface area contributed by atoms with Crippen molar-refractivity contribution >= 4 is 0 Å². The maximum Gasteiger partial charge on any atom is 0.134 e. The Morgan fingerprint density at radius 1 is 1.22 bits per heavy atom. The molecule has 0 amide bonds. The summed E-state index contributed by atoms with van der Waals surface area (Å²) in [6.45, 7) is 5.07. The molecule has 1 rings (SSSR count). The Morgan fingerprint density at radius 3 is 2.61 bits per heavy atom. The van der Waals surface area contributed by atoms with Crippen LogP contribution in [0.2, 0.25) is 0 Å². The van der Waals surface area contributed by atoms with Gasteiger partial charge in [-0.3, -0.25) is 0 Å². The Labute approximate surface area is 111 Å². The second kappa shape index (κ2) is 9.17. The summed E-state index contributed by atoms with van der Waals surface area (Å²) in [5.74, 6) is 0.845. The van der Waals surface area contributed by atoms with Crippen molar-refractivity contribution in [1.29, 1.82) is 0 Å². The van der Waals surface area contributed by atoms with E-state index < -0.39 is 0 Å². The second-order valence-corrected chi connectivity index (χ2v) is 4.79. The molecule has 0 aliphatic carbocycles. The van der Waals surface area contributed by atoms with Gasteiger partial charge in [-0.25, -0.2) is 0 Å². The molecular formula is C15H27NO2.